The highest BCUT2D eigenvalue weighted by molar-refractivity contribution is 7.89. The lowest BCUT2D eigenvalue weighted by Crippen LogP contribution is -2.51. The molecule has 1 amide bonds. The van der Waals surface area contributed by atoms with E-state index in [1.54, 1.807) is 27.8 Å². The zero-order valence-corrected chi connectivity index (χ0v) is 17.4. The van der Waals surface area contributed by atoms with Gasteiger partial charge in [0.15, 0.2) is 0 Å². The van der Waals surface area contributed by atoms with Gasteiger partial charge in [-0.3, -0.25) is 4.79 Å². The summed E-state index contributed by atoms with van der Waals surface area (Å²) < 4.78 is 28.9. The number of rotatable bonds is 7. The summed E-state index contributed by atoms with van der Waals surface area (Å²) in [5.41, 5.74) is 2.66. The Morgan fingerprint density at radius 1 is 1.13 bits per heavy atom. The molecule has 1 saturated heterocycles. The van der Waals surface area contributed by atoms with Crippen LogP contribution >= 0.6 is 0 Å². The maximum atomic E-state index is 12.4. The molecule has 1 aliphatic rings. The van der Waals surface area contributed by atoms with Crippen molar-refractivity contribution in [3.63, 3.8) is 0 Å². The van der Waals surface area contributed by atoms with Crippen LogP contribution in [0.15, 0.2) is 65.7 Å². The van der Waals surface area contributed by atoms with E-state index in [0.29, 0.717) is 13.1 Å². The van der Waals surface area contributed by atoms with Crippen LogP contribution in [0.25, 0.3) is 11.3 Å². The van der Waals surface area contributed by atoms with Gasteiger partial charge in [0, 0.05) is 31.6 Å². The lowest BCUT2D eigenvalue weighted by Gasteiger charge is -2.38. The van der Waals surface area contributed by atoms with Gasteiger partial charge in [-0.15, -0.1) is 5.10 Å². The number of aromatic nitrogens is 3. The molecule has 30 heavy (non-hydrogen) atoms. The lowest BCUT2D eigenvalue weighted by molar-refractivity contribution is -0.137. The predicted molar refractivity (Wildman–Crippen MR) is 112 cm³/mol. The van der Waals surface area contributed by atoms with Crippen molar-refractivity contribution < 1.29 is 13.2 Å². The summed E-state index contributed by atoms with van der Waals surface area (Å²) in [6, 6.07) is 16.6. The smallest absolute Gasteiger partial charge is 0.240 e. The van der Waals surface area contributed by atoms with Crippen LogP contribution < -0.4 is 4.72 Å². The molecule has 1 aromatic heterocycles. The second-order valence-corrected chi connectivity index (χ2v) is 9.13. The Hall–Kier alpha value is -3.04. The van der Waals surface area contributed by atoms with Gasteiger partial charge in [-0.1, -0.05) is 47.7 Å². The molecule has 3 aromatic rings. The fourth-order valence-corrected chi connectivity index (χ4v) is 4.48. The van der Waals surface area contributed by atoms with Gasteiger partial charge in [-0.05, 0) is 24.6 Å². The molecule has 1 N–H and O–H groups in total. The second-order valence-electron chi connectivity index (χ2n) is 7.37. The SMILES string of the molecule is Cc1cccc(S(=O)(=O)NCCC(=O)N2CC(n3cc(-c4ccccc4)nn3)C2)c1. The fraction of sp³-hybridized carbons (Fsp3) is 0.286. The van der Waals surface area contributed by atoms with E-state index in [1.165, 1.54) is 0 Å². The number of nitrogens with one attached hydrogen (secondary N) is 1. The molecule has 0 aliphatic carbocycles. The number of carbonyl (C=O) groups is 1. The Labute approximate surface area is 175 Å². The largest absolute Gasteiger partial charge is 0.338 e. The van der Waals surface area contributed by atoms with E-state index >= 15 is 0 Å². The Balaban J connectivity index is 1.25. The zero-order valence-electron chi connectivity index (χ0n) is 16.6. The molecule has 9 heteroatoms. The highest BCUT2D eigenvalue weighted by Crippen LogP contribution is 2.23. The number of amides is 1. The van der Waals surface area contributed by atoms with E-state index in [2.05, 4.69) is 15.0 Å². The topological polar surface area (TPSA) is 97.2 Å². The van der Waals surface area contributed by atoms with Crippen molar-refractivity contribution in [1.82, 2.24) is 24.6 Å². The van der Waals surface area contributed by atoms with Crippen LogP contribution in [-0.4, -0.2) is 53.9 Å². The first-order valence-electron chi connectivity index (χ1n) is 9.74. The van der Waals surface area contributed by atoms with Gasteiger partial charge >= 0.3 is 0 Å². The number of hydrogen-bond donors (Lipinski definition) is 1. The summed E-state index contributed by atoms with van der Waals surface area (Å²) in [5, 5.41) is 8.38. The molecule has 0 radical (unpaired) electrons. The lowest BCUT2D eigenvalue weighted by atomic mass is 10.1. The molecular formula is C21H23N5O3S. The van der Waals surface area contributed by atoms with Gasteiger partial charge in [0.2, 0.25) is 15.9 Å². The van der Waals surface area contributed by atoms with Crippen molar-refractivity contribution in [3.05, 3.63) is 66.4 Å². The quantitative estimate of drug-likeness (QED) is 0.625. The molecule has 1 fully saturated rings. The van der Waals surface area contributed by atoms with Crippen molar-refractivity contribution in [3.8, 4) is 11.3 Å². The van der Waals surface area contributed by atoms with Gasteiger partial charge in [0.05, 0.1) is 17.1 Å². The van der Waals surface area contributed by atoms with Crippen LogP contribution in [0.5, 0.6) is 0 Å². The Kier molecular flexibility index (Phi) is 5.65. The summed E-state index contributed by atoms with van der Waals surface area (Å²) in [5.74, 6) is -0.0819. The van der Waals surface area contributed by atoms with Gasteiger partial charge in [-0.25, -0.2) is 17.8 Å². The van der Waals surface area contributed by atoms with E-state index in [0.717, 1.165) is 16.8 Å². The average molecular weight is 426 g/mol. The highest BCUT2D eigenvalue weighted by Gasteiger charge is 2.32. The molecule has 1 aliphatic heterocycles. The molecule has 4 rings (SSSR count). The van der Waals surface area contributed by atoms with E-state index in [-0.39, 0.29) is 29.8 Å². The minimum Gasteiger partial charge on any atom is -0.338 e. The maximum Gasteiger partial charge on any atom is 0.240 e. The number of likely N-dealkylation sites (tertiary alicyclic amines) is 1. The van der Waals surface area contributed by atoms with Crippen LogP contribution in [0.3, 0.4) is 0 Å². The van der Waals surface area contributed by atoms with Crippen molar-refractivity contribution in [2.75, 3.05) is 19.6 Å². The van der Waals surface area contributed by atoms with Crippen molar-refractivity contribution in [2.45, 2.75) is 24.3 Å². The Morgan fingerprint density at radius 3 is 2.63 bits per heavy atom. The average Bonchev–Trinajstić information content (AvgIpc) is 3.17. The minimum atomic E-state index is -3.61. The summed E-state index contributed by atoms with van der Waals surface area (Å²) in [6.07, 6.45) is 2.00. The molecule has 2 aromatic carbocycles. The van der Waals surface area contributed by atoms with Crippen LogP contribution in [-0.2, 0) is 14.8 Å². The third-order valence-electron chi connectivity index (χ3n) is 5.10. The first-order valence-corrected chi connectivity index (χ1v) is 11.2. The molecule has 2 heterocycles. The predicted octanol–water partition coefficient (Wildman–Crippen LogP) is 2.01. The van der Waals surface area contributed by atoms with E-state index in [9.17, 15) is 13.2 Å². The van der Waals surface area contributed by atoms with E-state index < -0.39 is 10.0 Å². The van der Waals surface area contributed by atoms with Gasteiger partial charge in [0.25, 0.3) is 0 Å². The second kappa shape index (κ2) is 8.37. The summed E-state index contributed by atoms with van der Waals surface area (Å²) in [7, 11) is -3.61. The molecule has 0 bridgehead atoms. The number of aryl methyl sites for hydroxylation is 1. The first kappa shape index (κ1) is 20.2. The molecular weight excluding hydrogens is 402 g/mol. The molecule has 0 saturated carbocycles. The van der Waals surface area contributed by atoms with Crippen LogP contribution in [0.1, 0.15) is 18.0 Å². The first-order chi connectivity index (χ1) is 14.4. The molecule has 8 nitrogen and oxygen atoms in total. The standard InChI is InChI=1S/C21H23N5O3S/c1-16-6-5-9-19(12-16)30(28,29)22-11-10-21(27)25-13-18(14-25)26-15-20(23-24-26)17-7-3-2-4-8-17/h2-9,12,15,18,22H,10-11,13-14H2,1H3. The number of nitrogens with zero attached hydrogens (tertiary/aromatic N) is 4. The summed E-state index contributed by atoms with van der Waals surface area (Å²) in [4.78, 5) is 14.3. The molecule has 0 spiro atoms. The van der Waals surface area contributed by atoms with Crippen molar-refractivity contribution in [2.24, 2.45) is 0 Å². The Morgan fingerprint density at radius 2 is 1.90 bits per heavy atom. The van der Waals surface area contributed by atoms with Gasteiger partial charge in [-0.2, -0.15) is 0 Å². The number of benzene rings is 2. The van der Waals surface area contributed by atoms with Crippen LogP contribution in [0.4, 0.5) is 0 Å². The number of sulfonamides is 1. The number of carbonyl (C=O) groups excluding carboxylic acids is 1. The van der Waals surface area contributed by atoms with Crippen LogP contribution in [0.2, 0.25) is 0 Å². The summed E-state index contributed by atoms with van der Waals surface area (Å²) in [6.45, 7) is 2.99. The number of hydrogen-bond acceptors (Lipinski definition) is 5. The third-order valence-corrected chi connectivity index (χ3v) is 6.56. The molecule has 156 valence electrons. The Bertz CT molecular complexity index is 1140. The highest BCUT2D eigenvalue weighted by atomic mass is 32.2. The monoisotopic (exact) mass is 425 g/mol. The van der Waals surface area contributed by atoms with Gasteiger partial charge < -0.3 is 4.90 Å². The third kappa shape index (κ3) is 4.42. The normalized spacial score (nSPS) is 14.5. The molecule has 0 atom stereocenters. The van der Waals surface area contributed by atoms with Crippen molar-refractivity contribution >= 4 is 15.9 Å². The maximum absolute atomic E-state index is 12.4. The minimum absolute atomic E-state index is 0.0672. The van der Waals surface area contributed by atoms with E-state index in [4.69, 9.17) is 0 Å². The van der Waals surface area contributed by atoms with Crippen LogP contribution in [0, 0.1) is 6.92 Å². The van der Waals surface area contributed by atoms with Crippen molar-refractivity contribution in [1.29, 1.82) is 0 Å². The van der Waals surface area contributed by atoms with E-state index in [1.807, 2.05) is 49.5 Å². The van der Waals surface area contributed by atoms with Gasteiger partial charge in [0.1, 0.15) is 5.69 Å². The molecule has 0 unspecified atom stereocenters. The zero-order chi connectivity index (χ0) is 21.1. The fourth-order valence-electron chi connectivity index (χ4n) is 3.34. The summed E-state index contributed by atoms with van der Waals surface area (Å²) >= 11 is 0.